The number of fused-ring (bicyclic) bond motifs is 2. The number of piperazine rings is 1. The molecule has 0 saturated carbocycles. The number of hydrogen-bond acceptors (Lipinski definition) is 10. The molecule has 0 aliphatic carbocycles. The Hall–Kier alpha value is -4.02. The first-order valence-corrected chi connectivity index (χ1v) is 11.3. The van der Waals surface area contributed by atoms with Gasteiger partial charge in [-0.15, -0.1) is 0 Å². The molecule has 0 amide bonds. The Bertz CT molecular complexity index is 1330. The van der Waals surface area contributed by atoms with Crippen molar-refractivity contribution in [2.24, 2.45) is 4.99 Å². The number of nitrogens with zero attached hydrogens (tertiary/aromatic N) is 6. The monoisotopic (exact) mass is 455 g/mol. The summed E-state index contributed by atoms with van der Waals surface area (Å²) in [6.45, 7) is 6.38. The van der Waals surface area contributed by atoms with Gasteiger partial charge in [-0.3, -0.25) is 5.01 Å². The third kappa shape index (κ3) is 4.04. The first kappa shape index (κ1) is 20.6. The summed E-state index contributed by atoms with van der Waals surface area (Å²) in [5, 5.41) is 8.67. The maximum absolute atomic E-state index is 6.12. The summed E-state index contributed by atoms with van der Waals surface area (Å²) in [5.74, 6) is 4.00. The summed E-state index contributed by atoms with van der Waals surface area (Å²) in [5.41, 5.74) is 6.60. The number of allylic oxidation sites excluding steroid dienone is 1. The number of anilines is 3. The van der Waals surface area contributed by atoms with E-state index in [1.807, 2.05) is 60.6 Å². The Balaban J connectivity index is 1.23. The molecule has 10 heteroatoms. The minimum absolute atomic E-state index is 0.576. The molecule has 3 N–H and O–H groups in total. The first-order chi connectivity index (χ1) is 16.7. The summed E-state index contributed by atoms with van der Waals surface area (Å²) >= 11 is 0. The lowest BCUT2D eigenvalue weighted by Gasteiger charge is -2.28. The lowest BCUT2D eigenvalue weighted by Crippen LogP contribution is -2.43. The van der Waals surface area contributed by atoms with E-state index in [-0.39, 0.29) is 0 Å². The number of pyridine rings is 1. The maximum atomic E-state index is 6.12. The van der Waals surface area contributed by atoms with Crippen molar-refractivity contribution in [3.05, 3.63) is 66.3 Å². The highest BCUT2D eigenvalue weighted by atomic mass is 16.5. The van der Waals surface area contributed by atoms with E-state index in [1.165, 1.54) is 0 Å². The van der Waals surface area contributed by atoms with Crippen LogP contribution in [0, 0.1) is 6.92 Å². The van der Waals surface area contributed by atoms with Gasteiger partial charge in [0.15, 0.2) is 5.82 Å². The minimum atomic E-state index is 0.576. The Kier molecular flexibility index (Phi) is 5.28. The lowest BCUT2D eigenvalue weighted by molar-refractivity contribution is 0.417. The van der Waals surface area contributed by atoms with E-state index in [4.69, 9.17) is 9.72 Å². The van der Waals surface area contributed by atoms with Crippen molar-refractivity contribution in [2.75, 3.05) is 43.1 Å². The van der Waals surface area contributed by atoms with E-state index in [2.05, 4.69) is 35.9 Å². The molecule has 3 aliphatic rings. The zero-order valence-corrected chi connectivity index (χ0v) is 18.8. The molecule has 0 atom stereocenters. The Morgan fingerprint density at radius 3 is 2.88 bits per heavy atom. The lowest BCUT2D eigenvalue weighted by atomic mass is 10.2. The summed E-state index contributed by atoms with van der Waals surface area (Å²) in [6, 6.07) is 10.0. The van der Waals surface area contributed by atoms with Crippen LogP contribution in [0.3, 0.4) is 0 Å². The van der Waals surface area contributed by atoms with E-state index in [9.17, 15) is 0 Å². The maximum Gasteiger partial charge on any atom is 0.160 e. The number of rotatable bonds is 5. The second kappa shape index (κ2) is 8.73. The van der Waals surface area contributed by atoms with E-state index in [0.717, 1.165) is 71.6 Å². The minimum Gasteiger partial charge on any atom is -0.457 e. The highest BCUT2D eigenvalue weighted by Crippen LogP contribution is 2.29. The number of aliphatic imine (C=N–C) groups is 1. The molecule has 1 saturated heterocycles. The van der Waals surface area contributed by atoms with Crippen molar-refractivity contribution in [3.8, 4) is 5.75 Å². The summed E-state index contributed by atoms with van der Waals surface area (Å²) in [4.78, 5) is 20.4. The second-order valence-electron chi connectivity index (χ2n) is 8.27. The number of hydrogen-bond donors (Lipinski definition) is 3. The van der Waals surface area contributed by atoms with Crippen LogP contribution in [0.4, 0.5) is 17.3 Å². The van der Waals surface area contributed by atoms with Gasteiger partial charge in [0.05, 0.1) is 5.52 Å². The molecule has 1 aromatic carbocycles. The van der Waals surface area contributed by atoms with Crippen molar-refractivity contribution in [2.45, 2.75) is 6.92 Å². The molecular formula is C24H25N9O. The van der Waals surface area contributed by atoms with E-state index in [0.29, 0.717) is 12.5 Å². The van der Waals surface area contributed by atoms with Crippen LogP contribution in [-0.4, -0.2) is 58.6 Å². The van der Waals surface area contributed by atoms with E-state index >= 15 is 0 Å². The molecule has 6 rings (SSSR count). The van der Waals surface area contributed by atoms with Gasteiger partial charge in [-0.05, 0) is 48.9 Å². The summed E-state index contributed by atoms with van der Waals surface area (Å²) in [6.07, 6.45) is 7.30. The normalized spacial score (nSPS) is 17.4. The van der Waals surface area contributed by atoms with Crippen LogP contribution in [0.2, 0.25) is 0 Å². The summed E-state index contributed by atoms with van der Waals surface area (Å²) in [7, 11) is 0. The average molecular weight is 456 g/mol. The molecule has 34 heavy (non-hydrogen) atoms. The molecule has 0 spiro atoms. The topological polar surface area (TPSA) is 103 Å². The highest BCUT2D eigenvalue weighted by molar-refractivity contribution is 5.96. The second-order valence-corrected chi connectivity index (χ2v) is 8.27. The average Bonchev–Trinajstić information content (AvgIpc) is 3.34. The number of ether oxygens (including phenoxy) is 1. The largest absolute Gasteiger partial charge is 0.457 e. The van der Waals surface area contributed by atoms with Gasteiger partial charge in [0.1, 0.15) is 41.7 Å². The number of nitrogens with one attached hydrogen (secondary N) is 3. The Morgan fingerprint density at radius 1 is 1.09 bits per heavy atom. The van der Waals surface area contributed by atoms with Crippen LogP contribution in [0.25, 0.3) is 11.0 Å². The van der Waals surface area contributed by atoms with Crippen LogP contribution in [-0.2, 0) is 0 Å². The predicted octanol–water partition coefficient (Wildman–Crippen LogP) is 2.45. The number of hydrazine groups is 1. The van der Waals surface area contributed by atoms with Gasteiger partial charge in [0.25, 0.3) is 0 Å². The third-order valence-corrected chi connectivity index (χ3v) is 5.96. The molecule has 0 radical (unpaired) electrons. The molecule has 10 nitrogen and oxygen atoms in total. The molecular weight excluding hydrogens is 430 g/mol. The zero-order valence-electron chi connectivity index (χ0n) is 18.8. The Morgan fingerprint density at radius 2 is 2.00 bits per heavy atom. The molecule has 3 aliphatic heterocycles. The predicted molar refractivity (Wildman–Crippen MR) is 132 cm³/mol. The molecule has 3 aromatic rings. The van der Waals surface area contributed by atoms with Crippen LogP contribution < -0.4 is 25.7 Å². The third-order valence-electron chi connectivity index (χ3n) is 5.96. The molecule has 0 unspecified atom stereocenters. The van der Waals surface area contributed by atoms with Gasteiger partial charge in [-0.25, -0.2) is 25.4 Å². The van der Waals surface area contributed by atoms with Crippen LogP contribution in [0.5, 0.6) is 5.75 Å². The SMILES string of the molecule is Cc1cc(Nc2ncnc3ccc(N4CCNCC4)nc23)ccc1OC1=CC2=NCNN2C=C1. The van der Waals surface area contributed by atoms with Crippen molar-refractivity contribution in [3.63, 3.8) is 0 Å². The highest BCUT2D eigenvalue weighted by Gasteiger charge is 2.18. The van der Waals surface area contributed by atoms with Crippen molar-refractivity contribution < 1.29 is 4.74 Å². The van der Waals surface area contributed by atoms with E-state index in [1.54, 1.807) is 6.33 Å². The van der Waals surface area contributed by atoms with Crippen LogP contribution in [0.1, 0.15) is 5.56 Å². The summed E-state index contributed by atoms with van der Waals surface area (Å²) < 4.78 is 6.12. The van der Waals surface area contributed by atoms with Gasteiger partial charge in [0.2, 0.25) is 0 Å². The van der Waals surface area contributed by atoms with Crippen LogP contribution in [0.15, 0.2) is 65.8 Å². The van der Waals surface area contributed by atoms with Crippen LogP contribution >= 0.6 is 0 Å². The molecule has 2 aromatic heterocycles. The molecule has 1 fully saturated rings. The molecule has 5 heterocycles. The molecule has 172 valence electrons. The number of benzene rings is 1. The quantitative estimate of drug-likeness (QED) is 0.535. The number of aryl methyl sites for hydroxylation is 1. The van der Waals surface area contributed by atoms with Gasteiger partial charge in [0, 0.05) is 44.1 Å². The standard InChI is InChI=1S/C24H25N9O/c1-16-12-17(2-4-20(16)34-18-6-9-33-22(13-18)27-15-29-33)30-24-23-19(26-14-28-24)3-5-21(31-23)32-10-7-25-8-11-32/h2-6,9,12-14,25,29H,7-8,10-11,15H2,1H3,(H,26,28,30). The smallest absolute Gasteiger partial charge is 0.160 e. The van der Waals surface area contributed by atoms with Gasteiger partial charge >= 0.3 is 0 Å². The first-order valence-electron chi connectivity index (χ1n) is 11.3. The van der Waals surface area contributed by atoms with Gasteiger partial charge in [-0.1, -0.05) is 0 Å². The van der Waals surface area contributed by atoms with Crippen molar-refractivity contribution in [1.29, 1.82) is 0 Å². The fourth-order valence-corrected chi connectivity index (χ4v) is 4.18. The Labute approximate surface area is 197 Å². The van der Waals surface area contributed by atoms with Crippen molar-refractivity contribution >= 4 is 34.2 Å². The molecule has 0 bridgehead atoms. The fraction of sp³-hybridized carbons (Fsp3) is 0.250. The fourth-order valence-electron chi connectivity index (χ4n) is 4.18. The van der Waals surface area contributed by atoms with E-state index < -0.39 is 0 Å². The zero-order chi connectivity index (χ0) is 22.9. The number of amidine groups is 1. The van der Waals surface area contributed by atoms with Gasteiger partial charge in [-0.2, -0.15) is 0 Å². The number of aromatic nitrogens is 3. The van der Waals surface area contributed by atoms with Gasteiger partial charge < -0.3 is 20.3 Å². The van der Waals surface area contributed by atoms with Crippen molar-refractivity contribution in [1.82, 2.24) is 30.7 Å².